The number of ether oxygens (including phenoxy) is 2. The summed E-state index contributed by atoms with van der Waals surface area (Å²) in [6.45, 7) is 3.90. The highest BCUT2D eigenvalue weighted by atomic mass is 16.7. The van der Waals surface area contributed by atoms with Crippen LogP contribution in [-0.2, 0) is 9.47 Å². The molecule has 1 N–H and O–H groups in total. The van der Waals surface area contributed by atoms with Crippen LogP contribution >= 0.6 is 0 Å². The lowest BCUT2D eigenvalue weighted by molar-refractivity contribution is -0.324. The van der Waals surface area contributed by atoms with E-state index < -0.39 is 11.4 Å². The minimum atomic E-state index is -0.531. The second-order valence-electron chi connectivity index (χ2n) is 5.60. The second kappa shape index (κ2) is 2.34. The molecular formula is C11H18O3. The van der Waals surface area contributed by atoms with Gasteiger partial charge in [-0.25, -0.2) is 0 Å². The lowest BCUT2D eigenvalue weighted by Crippen LogP contribution is -2.50. The highest BCUT2D eigenvalue weighted by Crippen LogP contribution is 2.55. The largest absolute Gasteiger partial charge is 0.387 e. The third-order valence-electron chi connectivity index (χ3n) is 3.62. The summed E-state index contributed by atoms with van der Waals surface area (Å²) in [6, 6.07) is 0. The van der Waals surface area contributed by atoms with Gasteiger partial charge in [0, 0.05) is 6.42 Å². The molecule has 0 radical (unpaired) electrons. The third-order valence-corrected chi connectivity index (χ3v) is 3.62. The minimum absolute atomic E-state index is 0.00579. The van der Waals surface area contributed by atoms with Crippen molar-refractivity contribution in [3.05, 3.63) is 0 Å². The summed E-state index contributed by atoms with van der Waals surface area (Å²) in [7, 11) is 0. The van der Waals surface area contributed by atoms with Crippen LogP contribution in [0, 0.1) is 0 Å². The molecule has 0 aromatic rings. The molecule has 3 aliphatic rings. The molecule has 3 rings (SSSR count). The first-order chi connectivity index (χ1) is 6.43. The Bertz CT molecular complexity index is 258. The van der Waals surface area contributed by atoms with Crippen LogP contribution in [0.4, 0.5) is 0 Å². The zero-order valence-corrected chi connectivity index (χ0v) is 8.88. The first kappa shape index (κ1) is 9.13. The van der Waals surface area contributed by atoms with Crippen molar-refractivity contribution in [2.45, 2.75) is 69.0 Å². The van der Waals surface area contributed by atoms with Gasteiger partial charge in [0.2, 0.25) is 0 Å². The SMILES string of the molecule is CC1(C)OC(C2(O)CC2)CC2(CC2)O1. The lowest BCUT2D eigenvalue weighted by atomic mass is 10.0. The maximum Gasteiger partial charge on any atom is 0.164 e. The van der Waals surface area contributed by atoms with Gasteiger partial charge in [0.25, 0.3) is 0 Å². The molecule has 1 spiro atoms. The van der Waals surface area contributed by atoms with Crippen LogP contribution in [0.3, 0.4) is 0 Å². The first-order valence-corrected chi connectivity index (χ1v) is 5.54. The predicted molar refractivity (Wildman–Crippen MR) is 50.8 cm³/mol. The molecule has 1 atom stereocenters. The summed E-state index contributed by atoms with van der Waals surface area (Å²) >= 11 is 0. The van der Waals surface area contributed by atoms with Crippen LogP contribution in [0.15, 0.2) is 0 Å². The molecule has 0 amide bonds. The van der Waals surface area contributed by atoms with Gasteiger partial charge in [-0.05, 0) is 39.5 Å². The highest BCUT2D eigenvalue weighted by molar-refractivity contribution is 5.09. The van der Waals surface area contributed by atoms with Gasteiger partial charge < -0.3 is 14.6 Å². The Balaban J connectivity index is 1.80. The van der Waals surface area contributed by atoms with E-state index in [1.807, 2.05) is 13.8 Å². The Hall–Kier alpha value is -0.120. The van der Waals surface area contributed by atoms with Crippen LogP contribution in [0.2, 0.25) is 0 Å². The van der Waals surface area contributed by atoms with Crippen molar-refractivity contribution in [2.24, 2.45) is 0 Å². The zero-order valence-electron chi connectivity index (χ0n) is 8.88. The van der Waals surface area contributed by atoms with Crippen molar-refractivity contribution in [1.29, 1.82) is 0 Å². The Kier molecular flexibility index (Phi) is 1.53. The molecule has 80 valence electrons. The maximum atomic E-state index is 10.1. The fraction of sp³-hybridized carbons (Fsp3) is 1.00. The Morgan fingerprint density at radius 2 is 1.79 bits per heavy atom. The molecule has 2 saturated carbocycles. The van der Waals surface area contributed by atoms with Crippen LogP contribution in [0.25, 0.3) is 0 Å². The molecule has 1 unspecified atom stereocenters. The molecule has 1 aliphatic heterocycles. The maximum absolute atomic E-state index is 10.1. The summed E-state index contributed by atoms with van der Waals surface area (Å²) in [5.74, 6) is -0.516. The number of rotatable bonds is 1. The number of hydrogen-bond acceptors (Lipinski definition) is 3. The monoisotopic (exact) mass is 198 g/mol. The van der Waals surface area contributed by atoms with Crippen molar-refractivity contribution in [2.75, 3.05) is 0 Å². The van der Waals surface area contributed by atoms with E-state index in [2.05, 4.69) is 0 Å². The van der Waals surface area contributed by atoms with Gasteiger partial charge in [-0.1, -0.05) is 0 Å². The van der Waals surface area contributed by atoms with Gasteiger partial charge in [0.15, 0.2) is 5.79 Å². The summed E-state index contributed by atoms with van der Waals surface area (Å²) < 4.78 is 11.7. The van der Waals surface area contributed by atoms with Crippen LogP contribution in [0.5, 0.6) is 0 Å². The van der Waals surface area contributed by atoms with Gasteiger partial charge in [-0.2, -0.15) is 0 Å². The van der Waals surface area contributed by atoms with Crippen LogP contribution < -0.4 is 0 Å². The van der Waals surface area contributed by atoms with Crippen molar-refractivity contribution >= 4 is 0 Å². The quantitative estimate of drug-likeness (QED) is 0.695. The fourth-order valence-electron chi connectivity index (χ4n) is 2.50. The van der Waals surface area contributed by atoms with Gasteiger partial charge in [0.05, 0.1) is 17.3 Å². The summed E-state index contributed by atoms with van der Waals surface area (Å²) in [4.78, 5) is 0. The van der Waals surface area contributed by atoms with Gasteiger partial charge in [0.1, 0.15) is 0 Å². The lowest BCUT2D eigenvalue weighted by Gasteiger charge is -2.43. The molecule has 2 aliphatic carbocycles. The smallest absolute Gasteiger partial charge is 0.164 e. The Morgan fingerprint density at radius 1 is 1.14 bits per heavy atom. The first-order valence-electron chi connectivity index (χ1n) is 5.54. The normalized spacial score (nSPS) is 40.9. The second-order valence-corrected chi connectivity index (χ2v) is 5.60. The van der Waals surface area contributed by atoms with E-state index in [4.69, 9.17) is 9.47 Å². The molecule has 0 aromatic heterocycles. The van der Waals surface area contributed by atoms with Gasteiger partial charge in [-0.3, -0.25) is 0 Å². The molecule has 0 aromatic carbocycles. The molecule has 0 bridgehead atoms. The average molecular weight is 198 g/mol. The molecule has 1 saturated heterocycles. The van der Waals surface area contributed by atoms with Crippen molar-refractivity contribution in [3.63, 3.8) is 0 Å². The van der Waals surface area contributed by atoms with Crippen LogP contribution in [0.1, 0.15) is 46.0 Å². The molecule has 3 fully saturated rings. The van der Waals surface area contributed by atoms with Crippen molar-refractivity contribution in [3.8, 4) is 0 Å². The highest BCUT2D eigenvalue weighted by Gasteiger charge is 2.60. The van der Waals surface area contributed by atoms with E-state index in [0.717, 1.165) is 32.1 Å². The fourth-order valence-corrected chi connectivity index (χ4v) is 2.50. The Morgan fingerprint density at radius 3 is 2.29 bits per heavy atom. The molecule has 3 nitrogen and oxygen atoms in total. The summed E-state index contributed by atoms with van der Waals surface area (Å²) in [5.41, 5.74) is -0.485. The van der Waals surface area contributed by atoms with E-state index in [9.17, 15) is 5.11 Å². The number of hydrogen-bond donors (Lipinski definition) is 1. The minimum Gasteiger partial charge on any atom is -0.387 e. The van der Waals surface area contributed by atoms with Gasteiger partial charge in [-0.15, -0.1) is 0 Å². The van der Waals surface area contributed by atoms with Gasteiger partial charge >= 0.3 is 0 Å². The third kappa shape index (κ3) is 1.38. The van der Waals surface area contributed by atoms with Crippen molar-refractivity contribution < 1.29 is 14.6 Å². The molecule has 3 heteroatoms. The van der Waals surface area contributed by atoms with E-state index in [1.165, 1.54) is 0 Å². The standard InChI is InChI=1S/C11H18O3/c1-9(2)13-8(11(12)5-6-11)7-10(14-9)3-4-10/h8,12H,3-7H2,1-2H3. The molecular weight excluding hydrogens is 180 g/mol. The van der Waals surface area contributed by atoms with E-state index in [1.54, 1.807) is 0 Å². The van der Waals surface area contributed by atoms with Crippen LogP contribution in [-0.4, -0.2) is 28.2 Å². The average Bonchev–Trinajstić information content (AvgIpc) is 2.91. The summed E-state index contributed by atoms with van der Waals surface area (Å²) in [6.07, 6.45) is 4.92. The summed E-state index contributed by atoms with van der Waals surface area (Å²) in [5, 5.41) is 10.1. The Labute approximate surface area is 84.4 Å². The zero-order chi connectivity index (χ0) is 10.0. The van der Waals surface area contributed by atoms with E-state index in [-0.39, 0.29) is 11.7 Å². The van der Waals surface area contributed by atoms with E-state index in [0.29, 0.717) is 0 Å². The predicted octanol–water partition coefficient (Wildman–Crippen LogP) is 1.59. The van der Waals surface area contributed by atoms with E-state index >= 15 is 0 Å². The molecule has 14 heavy (non-hydrogen) atoms. The van der Waals surface area contributed by atoms with Crippen molar-refractivity contribution in [1.82, 2.24) is 0 Å². The topological polar surface area (TPSA) is 38.7 Å². The number of aliphatic hydroxyl groups is 1. The molecule has 1 heterocycles.